The first kappa shape index (κ1) is 10.2. The van der Waals surface area contributed by atoms with Crippen LogP contribution in [-0.4, -0.2) is 13.2 Å². The van der Waals surface area contributed by atoms with Crippen molar-refractivity contribution in [2.75, 3.05) is 13.2 Å². The Hall–Kier alpha value is -0.860. The molecule has 0 bridgehead atoms. The minimum Gasteiger partial charge on any atom is -0.373 e. The second-order valence-electron chi connectivity index (χ2n) is 3.21. The smallest absolute Gasteiger partial charge is 0.0797 e. The molecule has 13 heavy (non-hydrogen) atoms. The molecule has 0 radical (unpaired) electrons. The molecule has 2 N–H and O–H groups in total. The molecule has 0 heterocycles. The predicted molar refractivity (Wildman–Crippen MR) is 54.6 cm³/mol. The summed E-state index contributed by atoms with van der Waals surface area (Å²) in [5.41, 5.74) is 7.83. The van der Waals surface area contributed by atoms with Crippen molar-refractivity contribution in [2.45, 2.75) is 20.0 Å². The second-order valence-corrected chi connectivity index (χ2v) is 3.21. The van der Waals surface area contributed by atoms with E-state index in [1.54, 1.807) is 0 Å². The molecular weight excluding hydrogens is 162 g/mol. The maximum atomic E-state index is 5.49. The lowest BCUT2D eigenvalue weighted by molar-refractivity contribution is 0.0718. The third-order valence-electron chi connectivity index (χ3n) is 2.03. The van der Waals surface area contributed by atoms with Crippen LogP contribution in [0.1, 0.15) is 24.2 Å². The van der Waals surface area contributed by atoms with Gasteiger partial charge in [0.25, 0.3) is 0 Å². The summed E-state index contributed by atoms with van der Waals surface area (Å²) in [7, 11) is 0. The van der Waals surface area contributed by atoms with Crippen LogP contribution in [0.25, 0.3) is 0 Å². The van der Waals surface area contributed by atoms with Crippen LogP contribution in [0, 0.1) is 6.92 Å². The van der Waals surface area contributed by atoms with Crippen molar-refractivity contribution in [1.82, 2.24) is 0 Å². The summed E-state index contributed by atoms with van der Waals surface area (Å²) >= 11 is 0. The molecule has 0 amide bonds. The summed E-state index contributed by atoms with van der Waals surface area (Å²) in [4.78, 5) is 0. The molecule has 0 fully saturated rings. The first-order chi connectivity index (χ1) is 6.24. The summed E-state index contributed by atoms with van der Waals surface area (Å²) in [5.74, 6) is 0. The standard InChI is InChI=1S/C11H17NO/c1-9-3-5-11(6-4-9)10(2)13-8-7-12/h3-6,10H,7-8,12H2,1-2H3/t10-/m1/s1. The molecule has 0 spiro atoms. The summed E-state index contributed by atoms with van der Waals surface area (Å²) in [6.07, 6.45) is 0.143. The van der Waals surface area contributed by atoms with Gasteiger partial charge in [-0.1, -0.05) is 29.8 Å². The van der Waals surface area contributed by atoms with Crippen molar-refractivity contribution in [3.8, 4) is 0 Å². The predicted octanol–water partition coefficient (Wildman–Crippen LogP) is 2.03. The van der Waals surface area contributed by atoms with Gasteiger partial charge in [0.15, 0.2) is 0 Å². The fourth-order valence-electron chi connectivity index (χ4n) is 1.18. The van der Waals surface area contributed by atoms with Crippen LogP contribution in [0.2, 0.25) is 0 Å². The Morgan fingerprint density at radius 3 is 2.46 bits per heavy atom. The monoisotopic (exact) mass is 179 g/mol. The fraction of sp³-hybridized carbons (Fsp3) is 0.455. The van der Waals surface area contributed by atoms with Crippen LogP contribution >= 0.6 is 0 Å². The van der Waals surface area contributed by atoms with E-state index in [0.717, 1.165) is 0 Å². The molecule has 0 aliphatic rings. The van der Waals surface area contributed by atoms with E-state index in [-0.39, 0.29) is 6.10 Å². The Balaban J connectivity index is 2.55. The van der Waals surface area contributed by atoms with E-state index < -0.39 is 0 Å². The number of aryl methyl sites for hydroxylation is 1. The van der Waals surface area contributed by atoms with Gasteiger partial charge >= 0.3 is 0 Å². The van der Waals surface area contributed by atoms with E-state index in [2.05, 4.69) is 31.2 Å². The number of rotatable bonds is 4. The Morgan fingerprint density at radius 2 is 1.92 bits per heavy atom. The van der Waals surface area contributed by atoms with Crippen LogP contribution in [0.4, 0.5) is 0 Å². The van der Waals surface area contributed by atoms with Crippen molar-refractivity contribution < 1.29 is 4.74 Å². The second kappa shape index (κ2) is 5.00. The first-order valence-electron chi connectivity index (χ1n) is 4.62. The van der Waals surface area contributed by atoms with E-state index in [1.807, 2.05) is 6.92 Å². The van der Waals surface area contributed by atoms with Gasteiger partial charge < -0.3 is 10.5 Å². The molecule has 72 valence electrons. The maximum Gasteiger partial charge on any atom is 0.0797 e. The lowest BCUT2D eigenvalue weighted by Crippen LogP contribution is -2.10. The zero-order chi connectivity index (χ0) is 9.68. The van der Waals surface area contributed by atoms with Crippen molar-refractivity contribution in [1.29, 1.82) is 0 Å². The minimum absolute atomic E-state index is 0.143. The van der Waals surface area contributed by atoms with Gasteiger partial charge in [0.2, 0.25) is 0 Å². The highest BCUT2D eigenvalue weighted by atomic mass is 16.5. The molecular formula is C11H17NO. The normalized spacial score (nSPS) is 12.8. The van der Waals surface area contributed by atoms with Gasteiger partial charge in [-0.3, -0.25) is 0 Å². The van der Waals surface area contributed by atoms with E-state index >= 15 is 0 Å². The van der Waals surface area contributed by atoms with Gasteiger partial charge in [0.1, 0.15) is 0 Å². The quantitative estimate of drug-likeness (QED) is 0.767. The molecule has 0 aliphatic carbocycles. The Kier molecular flexibility index (Phi) is 3.93. The third-order valence-corrected chi connectivity index (χ3v) is 2.03. The number of benzene rings is 1. The zero-order valence-corrected chi connectivity index (χ0v) is 8.29. The Labute approximate surface area is 79.7 Å². The average Bonchev–Trinajstić information content (AvgIpc) is 2.15. The Morgan fingerprint density at radius 1 is 1.31 bits per heavy atom. The van der Waals surface area contributed by atoms with Crippen molar-refractivity contribution in [2.24, 2.45) is 5.73 Å². The van der Waals surface area contributed by atoms with Crippen LogP contribution in [0.5, 0.6) is 0 Å². The number of nitrogens with two attached hydrogens (primary N) is 1. The minimum atomic E-state index is 0.143. The third kappa shape index (κ3) is 3.17. The summed E-state index contributed by atoms with van der Waals surface area (Å²) in [6.45, 7) is 5.32. The van der Waals surface area contributed by atoms with Crippen LogP contribution < -0.4 is 5.73 Å². The fourth-order valence-corrected chi connectivity index (χ4v) is 1.18. The van der Waals surface area contributed by atoms with Crippen LogP contribution in [0.3, 0.4) is 0 Å². The van der Waals surface area contributed by atoms with Crippen molar-refractivity contribution in [3.63, 3.8) is 0 Å². The van der Waals surface area contributed by atoms with Crippen molar-refractivity contribution >= 4 is 0 Å². The molecule has 0 unspecified atom stereocenters. The molecule has 2 heteroatoms. The molecule has 0 aromatic heterocycles. The summed E-state index contributed by atoms with van der Waals surface area (Å²) in [5, 5.41) is 0. The SMILES string of the molecule is Cc1ccc([C@@H](C)OCCN)cc1. The van der Waals surface area contributed by atoms with Gasteiger partial charge in [-0.05, 0) is 19.4 Å². The lowest BCUT2D eigenvalue weighted by atomic mass is 10.1. The molecule has 1 atom stereocenters. The van der Waals surface area contributed by atoms with Crippen LogP contribution in [0.15, 0.2) is 24.3 Å². The van der Waals surface area contributed by atoms with E-state index in [9.17, 15) is 0 Å². The highest BCUT2D eigenvalue weighted by Crippen LogP contribution is 2.16. The highest BCUT2D eigenvalue weighted by Gasteiger charge is 2.03. The zero-order valence-electron chi connectivity index (χ0n) is 8.29. The molecule has 1 rings (SSSR count). The molecule has 1 aromatic rings. The number of ether oxygens (including phenoxy) is 1. The average molecular weight is 179 g/mol. The molecule has 2 nitrogen and oxygen atoms in total. The molecule has 0 saturated carbocycles. The van der Waals surface area contributed by atoms with Gasteiger partial charge in [-0.15, -0.1) is 0 Å². The lowest BCUT2D eigenvalue weighted by Gasteiger charge is -2.12. The topological polar surface area (TPSA) is 35.2 Å². The maximum absolute atomic E-state index is 5.49. The molecule has 0 saturated heterocycles. The van der Waals surface area contributed by atoms with E-state index in [4.69, 9.17) is 10.5 Å². The summed E-state index contributed by atoms with van der Waals surface area (Å²) < 4.78 is 5.49. The first-order valence-corrected chi connectivity index (χ1v) is 4.62. The van der Waals surface area contributed by atoms with Crippen molar-refractivity contribution in [3.05, 3.63) is 35.4 Å². The molecule has 1 aromatic carbocycles. The summed E-state index contributed by atoms with van der Waals surface area (Å²) in [6, 6.07) is 8.38. The van der Waals surface area contributed by atoms with Gasteiger partial charge in [0, 0.05) is 6.54 Å². The number of hydrogen-bond donors (Lipinski definition) is 1. The number of hydrogen-bond acceptors (Lipinski definition) is 2. The van der Waals surface area contributed by atoms with Gasteiger partial charge in [-0.25, -0.2) is 0 Å². The largest absolute Gasteiger partial charge is 0.373 e. The highest BCUT2D eigenvalue weighted by molar-refractivity contribution is 5.22. The molecule has 0 aliphatic heterocycles. The van der Waals surface area contributed by atoms with Crippen LogP contribution in [-0.2, 0) is 4.74 Å². The van der Waals surface area contributed by atoms with Gasteiger partial charge in [0.05, 0.1) is 12.7 Å². The van der Waals surface area contributed by atoms with E-state index in [0.29, 0.717) is 13.2 Å². The Bertz CT molecular complexity index is 243. The van der Waals surface area contributed by atoms with E-state index in [1.165, 1.54) is 11.1 Å². The van der Waals surface area contributed by atoms with Gasteiger partial charge in [-0.2, -0.15) is 0 Å².